The number of non-ortho nitro benzene ring substituents is 1. The molecule has 1 aliphatic heterocycles. The molecule has 3 aromatic rings. The van der Waals surface area contributed by atoms with Gasteiger partial charge in [-0.15, -0.1) is 11.3 Å². The number of rotatable bonds is 5. The molecule has 10 heteroatoms. The molecule has 0 aliphatic carbocycles. The number of hydrogen-bond acceptors (Lipinski definition) is 7. The van der Waals surface area contributed by atoms with Gasteiger partial charge < -0.3 is 10.1 Å². The second-order valence-electron chi connectivity index (χ2n) is 6.26. The smallest absolute Gasteiger partial charge is 0.269 e. The molecule has 2 N–H and O–H groups in total. The van der Waals surface area contributed by atoms with E-state index >= 15 is 0 Å². The van der Waals surface area contributed by atoms with Gasteiger partial charge in [-0.05, 0) is 42.0 Å². The molecule has 30 heavy (non-hydrogen) atoms. The number of nitrogens with zero attached hydrogens (tertiary/aromatic N) is 2. The van der Waals surface area contributed by atoms with Crippen LogP contribution >= 0.6 is 11.3 Å². The normalized spacial score (nSPS) is 12.7. The van der Waals surface area contributed by atoms with E-state index < -0.39 is 4.92 Å². The molecule has 0 saturated heterocycles. The number of ether oxygens (including phenoxy) is 1. The van der Waals surface area contributed by atoms with Crippen LogP contribution in [0.25, 0.3) is 17.3 Å². The van der Waals surface area contributed by atoms with Crippen LogP contribution in [0.2, 0.25) is 0 Å². The number of fused-ring (bicyclic) bond motifs is 1. The Labute approximate surface area is 174 Å². The number of nitro groups is 1. The Morgan fingerprint density at radius 2 is 2.07 bits per heavy atom. The van der Waals surface area contributed by atoms with Gasteiger partial charge in [0.1, 0.15) is 5.75 Å². The highest BCUT2D eigenvalue weighted by Crippen LogP contribution is 2.33. The van der Waals surface area contributed by atoms with Crippen LogP contribution in [0, 0.1) is 10.1 Å². The third-order valence-corrected chi connectivity index (χ3v) is 4.93. The lowest BCUT2D eigenvalue weighted by atomic mass is 10.1. The minimum absolute atomic E-state index is 0.00732. The Bertz CT molecular complexity index is 1170. The minimum atomic E-state index is -0.482. The first-order chi connectivity index (χ1) is 14.5. The predicted octanol–water partition coefficient (Wildman–Crippen LogP) is 3.70. The summed E-state index contributed by atoms with van der Waals surface area (Å²) in [6.07, 6.45) is 2.88. The number of aromatic nitrogens is 1. The van der Waals surface area contributed by atoms with Crippen LogP contribution in [0.15, 0.2) is 53.9 Å². The summed E-state index contributed by atoms with van der Waals surface area (Å²) in [6.45, 7) is -0.00732. The molecule has 0 saturated carbocycles. The summed E-state index contributed by atoms with van der Waals surface area (Å²) in [5.41, 5.74) is 2.65. The fourth-order valence-electron chi connectivity index (χ4n) is 2.73. The maximum Gasteiger partial charge on any atom is 0.269 e. The monoisotopic (exact) mass is 422 g/mol. The van der Waals surface area contributed by atoms with Gasteiger partial charge in [-0.1, -0.05) is 0 Å². The summed E-state index contributed by atoms with van der Waals surface area (Å²) >= 11 is 1.27. The zero-order chi connectivity index (χ0) is 21.1. The average molecular weight is 422 g/mol. The molecule has 0 unspecified atom stereocenters. The first-order valence-corrected chi connectivity index (χ1v) is 9.62. The first-order valence-electron chi connectivity index (χ1n) is 8.74. The van der Waals surface area contributed by atoms with E-state index in [-0.39, 0.29) is 24.1 Å². The van der Waals surface area contributed by atoms with Crippen molar-refractivity contribution in [3.63, 3.8) is 0 Å². The van der Waals surface area contributed by atoms with Crippen molar-refractivity contribution < 1.29 is 19.2 Å². The number of anilines is 2. The molecule has 4 rings (SSSR count). The minimum Gasteiger partial charge on any atom is -0.482 e. The average Bonchev–Trinajstić information content (AvgIpc) is 3.20. The summed E-state index contributed by atoms with van der Waals surface area (Å²) in [7, 11) is 0. The zero-order valence-corrected chi connectivity index (χ0v) is 16.1. The number of benzene rings is 2. The SMILES string of the molecule is O=C(/C=C/c1ccc([N+](=O)[O-])cc1)Nc1nc(-c2ccc3c(c2)NC(=O)CO3)cs1. The van der Waals surface area contributed by atoms with Gasteiger partial charge >= 0.3 is 0 Å². The lowest BCUT2D eigenvalue weighted by Crippen LogP contribution is -2.25. The highest BCUT2D eigenvalue weighted by atomic mass is 32.1. The van der Waals surface area contributed by atoms with Gasteiger partial charge in [-0.2, -0.15) is 0 Å². The third-order valence-electron chi connectivity index (χ3n) is 4.17. The highest BCUT2D eigenvalue weighted by molar-refractivity contribution is 7.14. The molecule has 0 atom stereocenters. The quantitative estimate of drug-likeness (QED) is 0.367. The maximum absolute atomic E-state index is 12.1. The standard InChI is InChI=1S/C20H14N4O5S/c25-18(8-3-12-1-5-14(6-2-12)24(27)28)23-20-22-16(11-30-20)13-4-7-17-15(9-13)21-19(26)10-29-17/h1-9,11H,10H2,(H,21,26)(H,22,23,25)/b8-3+. The second kappa shape index (κ2) is 8.13. The molecule has 0 radical (unpaired) electrons. The molecule has 9 nitrogen and oxygen atoms in total. The Balaban J connectivity index is 1.42. The maximum atomic E-state index is 12.1. The van der Waals surface area contributed by atoms with Gasteiger partial charge in [-0.3, -0.25) is 25.0 Å². The van der Waals surface area contributed by atoms with E-state index in [0.29, 0.717) is 27.8 Å². The molecule has 2 heterocycles. The van der Waals surface area contributed by atoms with Crippen LogP contribution in [-0.4, -0.2) is 28.3 Å². The zero-order valence-electron chi connectivity index (χ0n) is 15.3. The fourth-order valence-corrected chi connectivity index (χ4v) is 3.45. The molecule has 2 aromatic carbocycles. The van der Waals surface area contributed by atoms with Crippen LogP contribution in [0.4, 0.5) is 16.5 Å². The van der Waals surface area contributed by atoms with Gasteiger partial charge in [0, 0.05) is 29.2 Å². The summed E-state index contributed by atoms with van der Waals surface area (Å²) in [4.78, 5) is 38.2. The van der Waals surface area contributed by atoms with Crippen LogP contribution < -0.4 is 15.4 Å². The molecule has 0 bridgehead atoms. The van der Waals surface area contributed by atoms with E-state index in [1.54, 1.807) is 35.7 Å². The summed E-state index contributed by atoms with van der Waals surface area (Å²) in [6, 6.07) is 11.2. The van der Waals surface area contributed by atoms with Crippen molar-refractivity contribution in [1.29, 1.82) is 0 Å². The summed E-state index contributed by atoms with van der Waals surface area (Å²) in [5, 5.41) is 18.3. The van der Waals surface area contributed by atoms with Crippen LogP contribution in [0.5, 0.6) is 5.75 Å². The Kier molecular flexibility index (Phi) is 5.22. The summed E-state index contributed by atoms with van der Waals surface area (Å²) in [5.74, 6) is 0.00420. The predicted molar refractivity (Wildman–Crippen MR) is 112 cm³/mol. The fraction of sp³-hybridized carbons (Fsp3) is 0.0500. The van der Waals surface area contributed by atoms with Crippen LogP contribution in [0.1, 0.15) is 5.56 Å². The summed E-state index contributed by atoms with van der Waals surface area (Å²) < 4.78 is 5.34. The van der Waals surface area contributed by atoms with Crippen molar-refractivity contribution in [2.75, 3.05) is 17.2 Å². The van der Waals surface area contributed by atoms with Gasteiger partial charge in [0.15, 0.2) is 11.7 Å². The number of hydrogen-bond donors (Lipinski definition) is 2. The topological polar surface area (TPSA) is 123 Å². The van der Waals surface area contributed by atoms with Crippen LogP contribution in [0.3, 0.4) is 0 Å². The van der Waals surface area contributed by atoms with E-state index in [0.717, 1.165) is 5.56 Å². The lowest BCUT2D eigenvalue weighted by Gasteiger charge is -2.18. The molecule has 150 valence electrons. The largest absolute Gasteiger partial charge is 0.482 e. The Morgan fingerprint density at radius 1 is 1.27 bits per heavy atom. The van der Waals surface area contributed by atoms with Gasteiger partial charge in [-0.25, -0.2) is 4.98 Å². The van der Waals surface area contributed by atoms with Gasteiger partial charge in [0.25, 0.3) is 11.6 Å². The lowest BCUT2D eigenvalue weighted by molar-refractivity contribution is -0.384. The third kappa shape index (κ3) is 4.33. The molecule has 2 amide bonds. The first kappa shape index (κ1) is 19.3. The van der Waals surface area contributed by atoms with E-state index in [9.17, 15) is 19.7 Å². The number of nitro benzene ring substituents is 1. The molecule has 1 aliphatic rings. The van der Waals surface area contributed by atoms with Crippen molar-refractivity contribution in [2.24, 2.45) is 0 Å². The molecular weight excluding hydrogens is 408 g/mol. The van der Waals surface area contributed by atoms with E-state index in [2.05, 4.69) is 15.6 Å². The van der Waals surface area contributed by atoms with Gasteiger partial charge in [0.05, 0.1) is 16.3 Å². The van der Waals surface area contributed by atoms with E-state index in [4.69, 9.17) is 4.74 Å². The molecule has 1 aromatic heterocycles. The number of nitrogens with one attached hydrogen (secondary N) is 2. The van der Waals surface area contributed by atoms with Crippen molar-refractivity contribution in [3.8, 4) is 17.0 Å². The Hall–Kier alpha value is -4.05. The number of carbonyl (C=O) groups is 2. The number of thiazole rings is 1. The molecular formula is C20H14N4O5S. The second-order valence-corrected chi connectivity index (χ2v) is 7.12. The van der Waals surface area contributed by atoms with Crippen molar-refractivity contribution in [1.82, 2.24) is 4.98 Å². The van der Waals surface area contributed by atoms with Crippen LogP contribution in [-0.2, 0) is 9.59 Å². The van der Waals surface area contributed by atoms with Crippen molar-refractivity contribution >= 4 is 45.7 Å². The molecule has 0 fully saturated rings. The number of carbonyl (C=O) groups excluding carboxylic acids is 2. The van der Waals surface area contributed by atoms with E-state index in [1.807, 2.05) is 6.07 Å². The van der Waals surface area contributed by atoms with Crippen molar-refractivity contribution in [2.45, 2.75) is 0 Å². The highest BCUT2D eigenvalue weighted by Gasteiger charge is 2.17. The van der Waals surface area contributed by atoms with E-state index in [1.165, 1.54) is 29.5 Å². The van der Waals surface area contributed by atoms with Gasteiger partial charge in [0.2, 0.25) is 5.91 Å². The molecule has 0 spiro atoms. The number of amides is 2. The Morgan fingerprint density at radius 3 is 2.83 bits per heavy atom. The van der Waals surface area contributed by atoms with Crippen molar-refractivity contribution in [3.05, 3.63) is 69.6 Å².